The van der Waals surface area contributed by atoms with Gasteiger partial charge in [0.25, 0.3) is 0 Å². The second-order valence-electron chi connectivity index (χ2n) is 4.81. The molecule has 0 amide bonds. The van der Waals surface area contributed by atoms with Crippen LogP contribution in [0, 0.1) is 0 Å². The first kappa shape index (κ1) is 14.5. The average molecular weight is 240 g/mol. The van der Waals surface area contributed by atoms with Gasteiger partial charge in [-0.15, -0.1) is 0 Å². The molecule has 0 spiro atoms. The van der Waals surface area contributed by atoms with Gasteiger partial charge in [-0.2, -0.15) is 0 Å². The summed E-state index contributed by atoms with van der Waals surface area (Å²) in [6, 6.07) is 0.709. The molecule has 0 aromatic carbocycles. The van der Waals surface area contributed by atoms with Crippen LogP contribution in [0.25, 0.3) is 0 Å². The molecule has 0 aromatic rings. The first-order chi connectivity index (χ1) is 8.36. The van der Waals surface area contributed by atoms with Crippen molar-refractivity contribution in [1.82, 2.24) is 10.2 Å². The molecule has 17 heavy (non-hydrogen) atoms. The van der Waals surface area contributed by atoms with Gasteiger partial charge in [-0.3, -0.25) is 0 Å². The number of nitrogens with zero attached hydrogens (tertiary/aromatic N) is 1. The van der Waals surface area contributed by atoms with Crippen LogP contribution in [-0.4, -0.2) is 43.7 Å². The number of hydrogen-bond acceptors (Lipinski definition) is 3. The zero-order valence-electron chi connectivity index (χ0n) is 11.3. The molecule has 0 saturated carbocycles. The molecule has 1 N–H and O–H groups in total. The van der Waals surface area contributed by atoms with Gasteiger partial charge < -0.3 is 15.0 Å². The Kier molecular flexibility index (Phi) is 8.10. The Labute approximate surface area is 106 Å². The van der Waals surface area contributed by atoms with Gasteiger partial charge in [-0.1, -0.05) is 13.5 Å². The Bertz CT molecular complexity index is 197. The van der Waals surface area contributed by atoms with Crippen molar-refractivity contribution in [3.63, 3.8) is 0 Å². The third-order valence-electron chi connectivity index (χ3n) is 3.35. The van der Waals surface area contributed by atoms with E-state index in [1.807, 2.05) is 0 Å². The van der Waals surface area contributed by atoms with Crippen LogP contribution in [0.15, 0.2) is 12.8 Å². The molecule has 1 unspecified atom stereocenters. The summed E-state index contributed by atoms with van der Waals surface area (Å²) in [5, 5.41) is 3.64. The van der Waals surface area contributed by atoms with Gasteiger partial charge >= 0.3 is 0 Å². The zero-order valence-corrected chi connectivity index (χ0v) is 11.3. The van der Waals surface area contributed by atoms with E-state index in [-0.39, 0.29) is 0 Å². The molecule has 1 fully saturated rings. The third-order valence-corrected chi connectivity index (χ3v) is 3.35. The Balaban J connectivity index is 2.07. The monoisotopic (exact) mass is 240 g/mol. The van der Waals surface area contributed by atoms with Crippen molar-refractivity contribution >= 4 is 0 Å². The molecular weight excluding hydrogens is 212 g/mol. The lowest BCUT2D eigenvalue weighted by molar-refractivity contribution is 0.241. The summed E-state index contributed by atoms with van der Waals surface area (Å²) in [4.78, 5) is 2.60. The molecule has 0 aliphatic carbocycles. The molecular formula is C14H28N2O. The molecule has 3 nitrogen and oxygen atoms in total. The number of rotatable bonds is 8. The van der Waals surface area contributed by atoms with E-state index in [0.717, 1.165) is 19.6 Å². The van der Waals surface area contributed by atoms with Gasteiger partial charge in [0.2, 0.25) is 0 Å². The van der Waals surface area contributed by atoms with Crippen molar-refractivity contribution < 1.29 is 4.74 Å². The second-order valence-corrected chi connectivity index (χ2v) is 4.81. The summed E-state index contributed by atoms with van der Waals surface area (Å²) >= 11 is 0. The average Bonchev–Trinajstić information content (AvgIpc) is 2.55. The maximum Gasteiger partial charge on any atom is 0.0885 e. The predicted octanol–water partition coefficient (Wildman–Crippen LogP) is 2.39. The molecule has 1 aliphatic heterocycles. The molecule has 1 saturated heterocycles. The van der Waals surface area contributed by atoms with E-state index >= 15 is 0 Å². The van der Waals surface area contributed by atoms with Crippen LogP contribution in [0.1, 0.15) is 39.0 Å². The van der Waals surface area contributed by atoms with E-state index in [9.17, 15) is 0 Å². The number of hydrogen-bond donors (Lipinski definition) is 1. The van der Waals surface area contributed by atoms with Crippen molar-refractivity contribution in [1.29, 1.82) is 0 Å². The second kappa shape index (κ2) is 9.49. The molecule has 3 heteroatoms. The van der Waals surface area contributed by atoms with Crippen LogP contribution in [0.4, 0.5) is 0 Å². The SMILES string of the molecule is C=COCCCNC1CCCN(CCC)CC1. The maximum atomic E-state index is 5.11. The Morgan fingerprint density at radius 2 is 2.29 bits per heavy atom. The highest BCUT2D eigenvalue weighted by molar-refractivity contribution is 4.74. The normalized spacial score (nSPS) is 22.1. The molecule has 0 aromatic heterocycles. The summed E-state index contributed by atoms with van der Waals surface area (Å²) in [7, 11) is 0. The maximum absolute atomic E-state index is 5.11. The summed E-state index contributed by atoms with van der Waals surface area (Å²) in [5.41, 5.74) is 0. The largest absolute Gasteiger partial charge is 0.502 e. The lowest BCUT2D eigenvalue weighted by Gasteiger charge is -2.19. The standard InChI is InChI=1S/C14H28N2O/c1-3-10-16-11-5-7-14(8-12-16)15-9-6-13-17-4-2/h4,14-15H,2-3,5-13H2,1H3. The van der Waals surface area contributed by atoms with Gasteiger partial charge in [0.05, 0.1) is 12.9 Å². The van der Waals surface area contributed by atoms with Crippen molar-refractivity contribution in [2.45, 2.75) is 45.1 Å². The lowest BCUT2D eigenvalue weighted by atomic mass is 10.1. The van der Waals surface area contributed by atoms with E-state index in [1.54, 1.807) is 0 Å². The fourth-order valence-electron chi connectivity index (χ4n) is 2.44. The van der Waals surface area contributed by atoms with Gasteiger partial charge in [0.1, 0.15) is 0 Å². The van der Waals surface area contributed by atoms with Crippen LogP contribution in [0.3, 0.4) is 0 Å². The van der Waals surface area contributed by atoms with Crippen molar-refractivity contribution in [3.8, 4) is 0 Å². The Morgan fingerprint density at radius 3 is 3.06 bits per heavy atom. The number of likely N-dealkylation sites (tertiary alicyclic amines) is 1. The summed E-state index contributed by atoms with van der Waals surface area (Å²) in [5.74, 6) is 0. The number of nitrogens with one attached hydrogen (secondary N) is 1. The van der Waals surface area contributed by atoms with E-state index in [4.69, 9.17) is 4.74 Å². The third kappa shape index (κ3) is 6.69. The highest BCUT2D eigenvalue weighted by atomic mass is 16.5. The molecule has 100 valence electrons. The quantitative estimate of drug-likeness (QED) is 0.521. The van der Waals surface area contributed by atoms with Crippen LogP contribution < -0.4 is 5.32 Å². The van der Waals surface area contributed by atoms with Crippen LogP contribution in [-0.2, 0) is 4.74 Å². The smallest absolute Gasteiger partial charge is 0.0885 e. The minimum Gasteiger partial charge on any atom is -0.502 e. The highest BCUT2D eigenvalue weighted by Gasteiger charge is 2.15. The number of ether oxygens (including phenoxy) is 1. The fraction of sp³-hybridized carbons (Fsp3) is 0.857. The first-order valence-electron chi connectivity index (χ1n) is 7.05. The van der Waals surface area contributed by atoms with E-state index in [2.05, 4.69) is 23.7 Å². The molecule has 1 atom stereocenters. The molecule has 0 radical (unpaired) electrons. The van der Waals surface area contributed by atoms with Crippen molar-refractivity contribution in [3.05, 3.63) is 12.8 Å². The van der Waals surface area contributed by atoms with Crippen LogP contribution in [0.2, 0.25) is 0 Å². The first-order valence-corrected chi connectivity index (χ1v) is 7.05. The van der Waals surface area contributed by atoms with E-state index in [0.29, 0.717) is 6.04 Å². The molecule has 1 aliphatic rings. The van der Waals surface area contributed by atoms with E-state index in [1.165, 1.54) is 51.6 Å². The predicted molar refractivity (Wildman–Crippen MR) is 73.1 cm³/mol. The lowest BCUT2D eigenvalue weighted by Crippen LogP contribution is -2.32. The van der Waals surface area contributed by atoms with Crippen LogP contribution in [0.5, 0.6) is 0 Å². The van der Waals surface area contributed by atoms with Gasteiger partial charge in [0, 0.05) is 6.04 Å². The molecule has 0 bridgehead atoms. The van der Waals surface area contributed by atoms with Gasteiger partial charge in [-0.05, 0) is 58.3 Å². The summed E-state index contributed by atoms with van der Waals surface area (Å²) in [6.45, 7) is 11.5. The van der Waals surface area contributed by atoms with Crippen molar-refractivity contribution in [2.24, 2.45) is 0 Å². The fourth-order valence-corrected chi connectivity index (χ4v) is 2.44. The topological polar surface area (TPSA) is 24.5 Å². The highest BCUT2D eigenvalue weighted by Crippen LogP contribution is 2.11. The summed E-state index contributed by atoms with van der Waals surface area (Å²) < 4.78 is 5.11. The summed E-state index contributed by atoms with van der Waals surface area (Å²) in [6.07, 6.45) is 7.82. The minimum atomic E-state index is 0.709. The Morgan fingerprint density at radius 1 is 1.41 bits per heavy atom. The van der Waals surface area contributed by atoms with Gasteiger partial charge in [-0.25, -0.2) is 0 Å². The molecule has 1 heterocycles. The Hall–Kier alpha value is -0.540. The van der Waals surface area contributed by atoms with Crippen molar-refractivity contribution in [2.75, 3.05) is 32.8 Å². The van der Waals surface area contributed by atoms with Crippen LogP contribution >= 0.6 is 0 Å². The minimum absolute atomic E-state index is 0.709. The molecule has 1 rings (SSSR count). The van der Waals surface area contributed by atoms with Gasteiger partial charge in [0.15, 0.2) is 0 Å². The van der Waals surface area contributed by atoms with E-state index < -0.39 is 0 Å². The zero-order chi connectivity index (χ0) is 12.3.